The van der Waals surface area contributed by atoms with E-state index in [9.17, 15) is 4.39 Å². The summed E-state index contributed by atoms with van der Waals surface area (Å²) in [7, 11) is 0. The third kappa shape index (κ3) is 3.33. The molecule has 104 valence electrons. The highest BCUT2D eigenvalue weighted by Crippen LogP contribution is 2.17. The predicted molar refractivity (Wildman–Crippen MR) is 86.8 cm³/mol. The Morgan fingerprint density at radius 3 is 2.50 bits per heavy atom. The number of hydrogen-bond donors (Lipinski definition) is 1. The smallest absolute Gasteiger partial charge is 0.177 e. The molecule has 2 rings (SSSR count). The van der Waals surface area contributed by atoms with Crippen molar-refractivity contribution in [3.8, 4) is 0 Å². The summed E-state index contributed by atoms with van der Waals surface area (Å²) in [5.74, 6) is -0.236. The highest BCUT2D eigenvalue weighted by Gasteiger charge is 2.10. The van der Waals surface area contributed by atoms with Crippen molar-refractivity contribution in [1.82, 2.24) is 0 Å². The molecule has 0 radical (unpaired) electrons. The normalized spacial score (nSPS) is 10.2. The Labute approximate surface area is 124 Å². The zero-order valence-corrected chi connectivity index (χ0v) is 12.4. The summed E-state index contributed by atoms with van der Waals surface area (Å²) in [5.41, 5.74) is 2.30. The van der Waals surface area contributed by atoms with Crippen LogP contribution in [0.4, 0.5) is 15.8 Å². The lowest BCUT2D eigenvalue weighted by Gasteiger charge is -2.24. The quantitative estimate of drug-likeness (QED) is 0.845. The molecule has 2 aromatic rings. The van der Waals surface area contributed by atoms with Crippen molar-refractivity contribution in [2.45, 2.75) is 13.8 Å². The first-order valence-corrected chi connectivity index (χ1v) is 6.92. The number of para-hydroxylation sites is 1. The van der Waals surface area contributed by atoms with Gasteiger partial charge < -0.3 is 10.2 Å². The van der Waals surface area contributed by atoms with Crippen LogP contribution in [0.2, 0.25) is 0 Å². The Morgan fingerprint density at radius 2 is 1.90 bits per heavy atom. The number of rotatable bonds is 3. The maximum Gasteiger partial charge on any atom is 0.177 e. The van der Waals surface area contributed by atoms with Gasteiger partial charge in [0.15, 0.2) is 5.11 Å². The van der Waals surface area contributed by atoms with Gasteiger partial charge >= 0.3 is 0 Å². The molecule has 0 saturated heterocycles. The van der Waals surface area contributed by atoms with Gasteiger partial charge in [0.25, 0.3) is 0 Å². The maximum absolute atomic E-state index is 13.5. The summed E-state index contributed by atoms with van der Waals surface area (Å²) in [6, 6.07) is 14.9. The Bertz CT molecular complexity index is 599. The molecule has 4 heteroatoms. The largest absolute Gasteiger partial charge is 0.332 e. The molecular formula is C16H17FN2S. The summed E-state index contributed by atoms with van der Waals surface area (Å²) in [6.45, 7) is 4.50. The lowest BCUT2D eigenvalue weighted by molar-refractivity contribution is 0.619. The molecule has 2 nitrogen and oxygen atoms in total. The number of halogens is 1. The van der Waals surface area contributed by atoms with Gasteiger partial charge in [-0.05, 0) is 55.9 Å². The molecule has 0 saturated carbocycles. The third-order valence-corrected chi connectivity index (χ3v) is 3.37. The molecule has 0 spiro atoms. The highest BCUT2D eigenvalue weighted by molar-refractivity contribution is 7.80. The summed E-state index contributed by atoms with van der Waals surface area (Å²) >= 11 is 5.41. The Balaban J connectivity index is 2.15. The summed E-state index contributed by atoms with van der Waals surface area (Å²) in [5, 5.41) is 3.63. The summed E-state index contributed by atoms with van der Waals surface area (Å²) < 4.78 is 13.5. The van der Waals surface area contributed by atoms with Gasteiger partial charge in [0.1, 0.15) is 5.82 Å². The topological polar surface area (TPSA) is 15.3 Å². The number of thiocarbonyl (C=S) groups is 1. The second kappa shape index (κ2) is 6.48. The number of benzene rings is 2. The van der Waals surface area contributed by atoms with E-state index in [-0.39, 0.29) is 5.82 Å². The van der Waals surface area contributed by atoms with Crippen LogP contribution in [0, 0.1) is 12.7 Å². The predicted octanol–water partition coefficient (Wildman–Crippen LogP) is 4.36. The summed E-state index contributed by atoms with van der Waals surface area (Å²) in [4.78, 5) is 1.97. The standard InChI is InChI=1S/C16H17FN2S/c1-3-19(14-7-5-4-6-8-14)16(20)18-13-10-9-12(2)15(17)11-13/h4-11H,3H2,1-2H3,(H,18,20). The molecule has 0 amide bonds. The monoisotopic (exact) mass is 288 g/mol. The molecule has 0 atom stereocenters. The van der Waals surface area contributed by atoms with Crippen molar-refractivity contribution in [3.63, 3.8) is 0 Å². The molecule has 0 aliphatic heterocycles. The minimum absolute atomic E-state index is 0.236. The van der Waals surface area contributed by atoms with Crippen LogP contribution in [0.25, 0.3) is 0 Å². The van der Waals surface area contributed by atoms with Crippen molar-refractivity contribution in [1.29, 1.82) is 0 Å². The molecule has 2 aromatic carbocycles. The molecule has 0 aromatic heterocycles. The van der Waals surface area contributed by atoms with Crippen LogP contribution in [0.5, 0.6) is 0 Å². The average molecular weight is 288 g/mol. The molecule has 1 N–H and O–H groups in total. The number of hydrogen-bond acceptors (Lipinski definition) is 1. The van der Waals surface area contributed by atoms with E-state index in [4.69, 9.17) is 12.2 Å². The van der Waals surface area contributed by atoms with Gasteiger partial charge in [0.2, 0.25) is 0 Å². The highest BCUT2D eigenvalue weighted by atomic mass is 32.1. The third-order valence-electron chi connectivity index (χ3n) is 3.05. The Kier molecular flexibility index (Phi) is 4.69. The van der Waals surface area contributed by atoms with Crippen molar-refractivity contribution in [2.24, 2.45) is 0 Å². The lowest BCUT2D eigenvalue weighted by atomic mass is 10.2. The van der Waals surface area contributed by atoms with Gasteiger partial charge in [0.05, 0.1) is 0 Å². The fraction of sp³-hybridized carbons (Fsp3) is 0.188. The fourth-order valence-electron chi connectivity index (χ4n) is 1.91. The maximum atomic E-state index is 13.5. The van der Waals surface area contributed by atoms with Crippen molar-refractivity contribution < 1.29 is 4.39 Å². The van der Waals surface area contributed by atoms with Gasteiger partial charge in [-0.25, -0.2) is 4.39 Å². The van der Waals surface area contributed by atoms with E-state index in [0.717, 1.165) is 12.2 Å². The van der Waals surface area contributed by atoms with E-state index < -0.39 is 0 Å². The fourth-order valence-corrected chi connectivity index (χ4v) is 2.27. The molecule has 0 fully saturated rings. The van der Waals surface area contributed by atoms with Crippen molar-refractivity contribution in [2.75, 3.05) is 16.8 Å². The van der Waals surface area contributed by atoms with E-state index >= 15 is 0 Å². The summed E-state index contributed by atoms with van der Waals surface area (Å²) in [6.07, 6.45) is 0. The van der Waals surface area contributed by atoms with E-state index in [0.29, 0.717) is 16.4 Å². The van der Waals surface area contributed by atoms with E-state index in [2.05, 4.69) is 5.32 Å². The van der Waals surface area contributed by atoms with Crippen LogP contribution in [0.3, 0.4) is 0 Å². The molecule has 0 aliphatic rings. The minimum atomic E-state index is -0.236. The molecule has 0 heterocycles. The van der Waals surface area contributed by atoms with Crippen LogP contribution in [-0.4, -0.2) is 11.7 Å². The zero-order valence-electron chi connectivity index (χ0n) is 11.6. The Morgan fingerprint density at radius 1 is 1.20 bits per heavy atom. The Hall–Kier alpha value is -1.94. The number of nitrogens with one attached hydrogen (secondary N) is 1. The molecule has 0 unspecified atom stereocenters. The van der Waals surface area contributed by atoms with Gasteiger partial charge in [-0.1, -0.05) is 24.3 Å². The first kappa shape index (κ1) is 14.5. The van der Waals surface area contributed by atoms with E-state index in [1.165, 1.54) is 6.07 Å². The van der Waals surface area contributed by atoms with Gasteiger partial charge in [-0.2, -0.15) is 0 Å². The molecule has 20 heavy (non-hydrogen) atoms. The van der Waals surface area contributed by atoms with Gasteiger partial charge in [-0.3, -0.25) is 0 Å². The van der Waals surface area contributed by atoms with Crippen LogP contribution in [-0.2, 0) is 0 Å². The zero-order chi connectivity index (χ0) is 14.5. The SMILES string of the molecule is CCN(C(=S)Nc1ccc(C)c(F)c1)c1ccccc1. The number of nitrogens with zero attached hydrogens (tertiary/aromatic N) is 1. The average Bonchev–Trinajstić information content (AvgIpc) is 2.45. The van der Waals surface area contributed by atoms with Gasteiger partial charge in [0, 0.05) is 17.9 Å². The molecule has 0 aliphatic carbocycles. The molecular weight excluding hydrogens is 271 g/mol. The second-order valence-electron chi connectivity index (χ2n) is 4.47. The minimum Gasteiger partial charge on any atom is -0.332 e. The van der Waals surface area contributed by atoms with Crippen molar-refractivity contribution >= 4 is 28.7 Å². The van der Waals surface area contributed by atoms with Gasteiger partial charge in [-0.15, -0.1) is 0 Å². The molecule has 0 bridgehead atoms. The second-order valence-corrected chi connectivity index (χ2v) is 4.86. The van der Waals surface area contributed by atoms with E-state index in [1.807, 2.05) is 48.2 Å². The van der Waals surface area contributed by atoms with Crippen LogP contribution in [0.15, 0.2) is 48.5 Å². The lowest BCUT2D eigenvalue weighted by Crippen LogP contribution is -2.34. The van der Waals surface area contributed by atoms with Crippen molar-refractivity contribution in [3.05, 3.63) is 59.9 Å². The van der Waals surface area contributed by atoms with Crippen LogP contribution in [0.1, 0.15) is 12.5 Å². The number of aryl methyl sites for hydroxylation is 1. The van der Waals surface area contributed by atoms with Crippen LogP contribution >= 0.6 is 12.2 Å². The van der Waals surface area contributed by atoms with E-state index in [1.54, 1.807) is 13.0 Å². The van der Waals surface area contributed by atoms with Crippen LogP contribution < -0.4 is 10.2 Å². The first-order chi connectivity index (χ1) is 9.61. The first-order valence-electron chi connectivity index (χ1n) is 6.51. The number of anilines is 2.